The summed E-state index contributed by atoms with van der Waals surface area (Å²) in [5.74, 6) is 1.46. The van der Waals surface area contributed by atoms with Gasteiger partial charge in [0.15, 0.2) is 0 Å². The molecule has 1 aromatic carbocycles. The molecule has 1 aliphatic heterocycles. The van der Waals surface area contributed by atoms with E-state index >= 15 is 0 Å². The van der Waals surface area contributed by atoms with Crippen LogP contribution in [0.3, 0.4) is 0 Å². The molecule has 0 saturated heterocycles. The van der Waals surface area contributed by atoms with E-state index in [1.54, 1.807) is 7.11 Å². The van der Waals surface area contributed by atoms with Crippen LogP contribution in [-0.2, 0) is 0 Å². The first-order valence-electron chi connectivity index (χ1n) is 6.97. The first kappa shape index (κ1) is 15.4. The lowest BCUT2D eigenvalue weighted by Gasteiger charge is -2.47. The van der Waals surface area contributed by atoms with E-state index < -0.39 is 11.7 Å². The van der Waals surface area contributed by atoms with Gasteiger partial charge in [-0.25, -0.2) is 0 Å². The molecule has 0 bridgehead atoms. The second kappa shape index (κ2) is 5.80. The fourth-order valence-electron chi connectivity index (χ4n) is 3.33. The molecule has 1 aliphatic carbocycles. The third-order valence-electron chi connectivity index (χ3n) is 4.50. The summed E-state index contributed by atoms with van der Waals surface area (Å²) in [7, 11) is 1.63. The van der Waals surface area contributed by atoms with E-state index in [9.17, 15) is 5.11 Å². The number of benzene rings is 1. The number of rotatable bonds is 1. The number of aliphatic hydroxyl groups is 1. The molecule has 1 spiro atoms. The normalized spacial score (nSPS) is 27.1. The van der Waals surface area contributed by atoms with Gasteiger partial charge in [-0.15, -0.1) is 12.4 Å². The molecule has 20 heavy (non-hydrogen) atoms. The molecule has 2 atom stereocenters. The molecule has 1 fully saturated rings. The zero-order chi connectivity index (χ0) is 13.5. The van der Waals surface area contributed by atoms with Crippen molar-refractivity contribution in [2.45, 2.75) is 49.9 Å². The molecular formula is C15H22ClNO3. The van der Waals surface area contributed by atoms with E-state index in [2.05, 4.69) is 0 Å². The highest BCUT2D eigenvalue weighted by molar-refractivity contribution is 5.85. The highest BCUT2D eigenvalue weighted by atomic mass is 35.5. The van der Waals surface area contributed by atoms with Gasteiger partial charge < -0.3 is 20.3 Å². The molecule has 0 amide bonds. The topological polar surface area (TPSA) is 64.7 Å². The van der Waals surface area contributed by atoms with E-state index in [1.807, 2.05) is 18.2 Å². The van der Waals surface area contributed by atoms with Gasteiger partial charge in [0.1, 0.15) is 23.2 Å². The monoisotopic (exact) mass is 299 g/mol. The molecule has 0 aromatic heterocycles. The molecule has 1 heterocycles. The van der Waals surface area contributed by atoms with Gasteiger partial charge in [-0.1, -0.05) is 6.42 Å². The summed E-state index contributed by atoms with van der Waals surface area (Å²) in [6.07, 6.45) is 4.62. The van der Waals surface area contributed by atoms with Gasteiger partial charge in [0, 0.05) is 11.6 Å². The van der Waals surface area contributed by atoms with Crippen LogP contribution in [0.15, 0.2) is 18.2 Å². The number of hydrogen-bond donors (Lipinski definition) is 2. The minimum Gasteiger partial charge on any atom is -0.497 e. The molecule has 3 N–H and O–H groups in total. The first-order valence-corrected chi connectivity index (χ1v) is 6.97. The molecule has 1 saturated carbocycles. The summed E-state index contributed by atoms with van der Waals surface area (Å²) < 4.78 is 11.4. The first-order chi connectivity index (χ1) is 9.16. The van der Waals surface area contributed by atoms with Gasteiger partial charge in [-0.3, -0.25) is 0 Å². The van der Waals surface area contributed by atoms with Crippen LogP contribution < -0.4 is 15.2 Å². The van der Waals surface area contributed by atoms with Crippen molar-refractivity contribution in [2.24, 2.45) is 5.73 Å². The molecule has 2 unspecified atom stereocenters. The number of hydrogen-bond acceptors (Lipinski definition) is 4. The third kappa shape index (κ3) is 2.36. The number of nitrogens with two attached hydrogens (primary N) is 1. The Morgan fingerprint density at radius 3 is 2.65 bits per heavy atom. The highest BCUT2D eigenvalue weighted by Gasteiger charge is 2.48. The second-order valence-electron chi connectivity index (χ2n) is 5.60. The number of aliphatic hydroxyl groups excluding tert-OH is 1. The van der Waals surface area contributed by atoms with Gasteiger partial charge in [-0.2, -0.15) is 0 Å². The number of fused-ring (bicyclic) bond motifs is 1. The molecule has 1 aromatic rings. The van der Waals surface area contributed by atoms with Crippen molar-refractivity contribution in [3.05, 3.63) is 23.8 Å². The fourth-order valence-corrected chi connectivity index (χ4v) is 3.33. The van der Waals surface area contributed by atoms with Crippen molar-refractivity contribution in [2.75, 3.05) is 7.11 Å². The van der Waals surface area contributed by atoms with Gasteiger partial charge in [0.25, 0.3) is 0 Å². The molecule has 4 nitrogen and oxygen atoms in total. The Balaban J connectivity index is 0.00000147. The van der Waals surface area contributed by atoms with E-state index in [0.29, 0.717) is 0 Å². The van der Waals surface area contributed by atoms with Crippen molar-refractivity contribution < 1.29 is 14.6 Å². The number of ether oxygens (including phenoxy) is 2. The maximum Gasteiger partial charge on any atom is 0.129 e. The number of methoxy groups -OCH3 is 1. The molecule has 3 rings (SSSR count). The van der Waals surface area contributed by atoms with Crippen LogP contribution in [0, 0.1) is 0 Å². The second-order valence-corrected chi connectivity index (χ2v) is 5.60. The summed E-state index contributed by atoms with van der Waals surface area (Å²) in [5.41, 5.74) is 6.63. The average molecular weight is 300 g/mol. The Morgan fingerprint density at radius 2 is 2.00 bits per heavy atom. The van der Waals surface area contributed by atoms with Crippen LogP contribution >= 0.6 is 12.4 Å². The minimum absolute atomic E-state index is 0. The highest BCUT2D eigenvalue weighted by Crippen LogP contribution is 2.46. The van der Waals surface area contributed by atoms with Gasteiger partial charge in [0.2, 0.25) is 0 Å². The van der Waals surface area contributed by atoms with Crippen molar-refractivity contribution in [3.63, 3.8) is 0 Å². The summed E-state index contributed by atoms with van der Waals surface area (Å²) in [5, 5.41) is 10.5. The number of halogens is 1. The van der Waals surface area contributed by atoms with Crippen LogP contribution in [0.1, 0.15) is 43.8 Å². The van der Waals surface area contributed by atoms with Crippen LogP contribution in [0.4, 0.5) is 0 Å². The summed E-state index contributed by atoms with van der Waals surface area (Å²) in [6, 6.07) is 5.17. The SMILES string of the molecule is COc1ccc2c(c1)OC1(CCCCC1)C(N)C2O.Cl. The van der Waals surface area contributed by atoms with Crippen molar-refractivity contribution >= 4 is 12.4 Å². The predicted molar refractivity (Wildman–Crippen MR) is 79.6 cm³/mol. The average Bonchev–Trinajstić information content (AvgIpc) is 2.45. The Hall–Kier alpha value is -0.970. The maximum absolute atomic E-state index is 10.5. The van der Waals surface area contributed by atoms with Crippen LogP contribution in [0.5, 0.6) is 11.5 Å². The van der Waals surface area contributed by atoms with E-state index in [1.165, 1.54) is 6.42 Å². The van der Waals surface area contributed by atoms with Gasteiger partial charge in [0.05, 0.1) is 13.2 Å². The van der Waals surface area contributed by atoms with Gasteiger partial charge in [-0.05, 0) is 37.8 Å². The quantitative estimate of drug-likeness (QED) is 0.836. The van der Waals surface area contributed by atoms with Crippen molar-refractivity contribution in [1.82, 2.24) is 0 Å². The van der Waals surface area contributed by atoms with Crippen LogP contribution in [-0.4, -0.2) is 23.9 Å². The fraction of sp³-hybridized carbons (Fsp3) is 0.600. The maximum atomic E-state index is 10.5. The van der Waals surface area contributed by atoms with E-state index in [4.69, 9.17) is 15.2 Å². The molecular weight excluding hydrogens is 278 g/mol. The largest absolute Gasteiger partial charge is 0.497 e. The Kier molecular flexibility index (Phi) is 4.47. The van der Waals surface area contributed by atoms with Crippen molar-refractivity contribution in [1.29, 1.82) is 0 Å². The standard InChI is InChI=1S/C15H21NO3.ClH/c1-18-10-5-6-11-12(9-10)19-15(14(16)13(11)17)7-3-2-4-8-15;/h5-6,9,13-14,17H,2-4,7-8,16H2,1H3;1H. The zero-order valence-corrected chi connectivity index (χ0v) is 12.5. The molecule has 2 aliphatic rings. The minimum atomic E-state index is -0.659. The molecule has 5 heteroatoms. The molecule has 0 radical (unpaired) electrons. The van der Waals surface area contributed by atoms with E-state index in [0.717, 1.165) is 42.7 Å². The summed E-state index contributed by atoms with van der Waals surface area (Å²) in [4.78, 5) is 0. The summed E-state index contributed by atoms with van der Waals surface area (Å²) in [6.45, 7) is 0. The van der Waals surface area contributed by atoms with Crippen molar-refractivity contribution in [3.8, 4) is 11.5 Å². The Morgan fingerprint density at radius 1 is 1.30 bits per heavy atom. The van der Waals surface area contributed by atoms with Crippen LogP contribution in [0.25, 0.3) is 0 Å². The van der Waals surface area contributed by atoms with Gasteiger partial charge >= 0.3 is 0 Å². The zero-order valence-electron chi connectivity index (χ0n) is 11.7. The Bertz CT molecular complexity index is 474. The summed E-state index contributed by atoms with van der Waals surface area (Å²) >= 11 is 0. The smallest absolute Gasteiger partial charge is 0.129 e. The lowest BCUT2D eigenvalue weighted by atomic mass is 9.74. The lowest BCUT2D eigenvalue weighted by molar-refractivity contribution is -0.0582. The molecule has 112 valence electrons. The Labute approximate surface area is 125 Å². The van der Waals surface area contributed by atoms with Crippen LogP contribution in [0.2, 0.25) is 0 Å². The lowest BCUT2D eigenvalue weighted by Crippen LogP contribution is -2.58. The third-order valence-corrected chi connectivity index (χ3v) is 4.50. The predicted octanol–water partition coefficient (Wildman–Crippen LogP) is 2.57. The van der Waals surface area contributed by atoms with E-state index in [-0.39, 0.29) is 18.4 Å².